The second-order valence-electron chi connectivity index (χ2n) is 8.63. The zero-order valence-corrected chi connectivity index (χ0v) is 19.8. The molecule has 0 radical (unpaired) electrons. The molecule has 0 saturated carbocycles. The Labute approximate surface area is 197 Å². The van der Waals surface area contributed by atoms with Crippen LogP contribution in [0.25, 0.3) is 22.1 Å². The van der Waals surface area contributed by atoms with Gasteiger partial charge in [-0.2, -0.15) is 0 Å². The number of urea groups is 1. The molecule has 0 saturated heterocycles. The summed E-state index contributed by atoms with van der Waals surface area (Å²) >= 11 is 6.20. The van der Waals surface area contributed by atoms with Crippen molar-refractivity contribution in [3.8, 4) is 11.1 Å². The summed E-state index contributed by atoms with van der Waals surface area (Å²) in [6.45, 7) is 8.34. The lowest BCUT2D eigenvalue weighted by atomic mass is 9.93. The molecule has 2 N–H and O–H groups in total. The van der Waals surface area contributed by atoms with E-state index in [2.05, 4.69) is 38.3 Å². The largest absolute Gasteiger partial charge is 0.440 e. The van der Waals surface area contributed by atoms with Crippen LogP contribution in [0.4, 0.5) is 20.8 Å². The Morgan fingerprint density at radius 3 is 2.21 bits per heavy atom. The Balaban J connectivity index is 1.76. The lowest BCUT2D eigenvalue weighted by Crippen LogP contribution is -2.22. The van der Waals surface area contributed by atoms with Crippen molar-refractivity contribution < 1.29 is 13.6 Å². The molecule has 0 spiro atoms. The average Bonchev–Trinajstić information content (AvgIpc) is 3.10. The zero-order chi connectivity index (χ0) is 23.7. The molecular weight excluding hydrogens is 439 g/mol. The predicted octanol–water partition coefficient (Wildman–Crippen LogP) is 8.78. The van der Waals surface area contributed by atoms with E-state index in [1.165, 1.54) is 6.07 Å². The number of hydrogen-bond acceptors (Lipinski definition) is 2. The summed E-state index contributed by atoms with van der Waals surface area (Å²) in [6.07, 6.45) is 0. The van der Waals surface area contributed by atoms with Gasteiger partial charge in [0.1, 0.15) is 11.4 Å². The van der Waals surface area contributed by atoms with Crippen LogP contribution in [0.15, 0.2) is 65.1 Å². The third kappa shape index (κ3) is 4.60. The van der Waals surface area contributed by atoms with Crippen molar-refractivity contribution >= 4 is 40.2 Å². The molecule has 0 unspecified atom stereocenters. The third-order valence-corrected chi connectivity index (χ3v) is 5.87. The summed E-state index contributed by atoms with van der Waals surface area (Å²) < 4.78 is 20.7. The summed E-state index contributed by atoms with van der Waals surface area (Å²) in [5.74, 6) is 0.182. The number of halogens is 2. The second-order valence-corrected chi connectivity index (χ2v) is 9.06. The van der Waals surface area contributed by atoms with E-state index in [0.717, 1.165) is 16.8 Å². The molecule has 0 aliphatic heterocycles. The van der Waals surface area contributed by atoms with Crippen molar-refractivity contribution in [3.63, 3.8) is 0 Å². The van der Waals surface area contributed by atoms with Gasteiger partial charge in [0.25, 0.3) is 0 Å². The molecule has 1 heterocycles. The molecule has 6 heteroatoms. The Morgan fingerprint density at radius 1 is 0.909 bits per heavy atom. The molecule has 33 heavy (non-hydrogen) atoms. The minimum atomic E-state index is -0.465. The minimum absolute atomic E-state index is 0.156. The van der Waals surface area contributed by atoms with Crippen LogP contribution in [0.2, 0.25) is 5.02 Å². The van der Waals surface area contributed by atoms with Gasteiger partial charge >= 0.3 is 6.03 Å². The highest BCUT2D eigenvalue weighted by atomic mass is 35.5. The van der Waals surface area contributed by atoms with Gasteiger partial charge in [-0.15, -0.1) is 0 Å². The maximum absolute atomic E-state index is 14.7. The number of amides is 2. The van der Waals surface area contributed by atoms with E-state index < -0.39 is 11.8 Å². The first-order valence-corrected chi connectivity index (χ1v) is 11.3. The molecule has 4 aromatic rings. The maximum Gasteiger partial charge on any atom is 0.326 e. The van der Waals surface area contributed by atoms with Gasteiger partial charge in [-0.05, 0) is 47.2 Å². The summed E-state index contributed by atoms with van der Waals surface area (Å²) in [5.41, 5.74) is 4.13. The highest BCUT2D eigenvalue weighted by Gasteiger charge is 2.22. The number of para-hydroxylation sites is 1. The van der Waals surface area contributed by atoms with Crippen LogP contribution in [0, 0.1) is 5.82 Å². The Bertz CT molecular complexity index is 1300. The van der Waals surface area contributed by atoms with Gasteiger partial charge in [-0.25, -0.2) is 9.18 Å². The molecular formula is C27H26ClFN2O2. The van der Waals surface area contributed by atoms with Gasteiger partial charge in [0.2, 0.25) is 5.88 Å². The van der Waals surface area contributed by atoms with Crippen LogP contribution in [-0.2, 0) is 0 Å². The first-order valence-electron chi connectivity index (χ1n) is 10.9. The number of carbonyl (C=O) groups is 1. The van der Waals surface area contributed by atoms with Gasteiger partial charge in [-0.3, -0.25) is 5.32 Å². The monoisotopic (exact) mass is 464 g/mol. The smallest absolute Gasteiger partial charge is 0.326 e. The topological polar surface area (TPSA) is 54.3 Å². The number of fused-ring (bicyclic) bond motifs is 1. The van der Waals surface area contributed by atoms with Crippen LogP contribution < -0.4 is 10.6 Å². The molecule has 2 amide bonds. The molecule has 4 nitrogen and oxygen atoms in total. The normalized spacial score (nSPS) is 11.4. The summed E-state index contributed by atoms with van der Waals surface area (Å²) in [5, 5.41) is 6.92. The van der Waals surface area contributed by atoms with Gasteiger partial charge in [0.05, 0.1) is 5.56 Å². The molecule has 0 aliphatic rings. The van der Waals surface area contributed by atoms with E-state index in [-0.39, 0.29) is 17.7 Å². The highest BCUT2D eigenvalue weighted by Crippen LogP contribution is 2.41. The van der Waals surface area contributed by atoms with Gasteiger partial charge in [-0.1, -0.05) is 75.7 Å². The molecule has 0 aliphatic carbocycles. The van der Waals surface area contributed by atoms with E-state index >= 15 is 0 Å². The van der Waals surface area contributed by atoms with Crippen LogP contribution in [-0.4, -0.2) is 6.03 Å². The summed E-state index contributed by atoms with van der Waals surface area (Å²) in [4.78, 5) is 13.1. The van der Waals surface area contributed by atoms with Gasteiger partial charge < -0.3 is 9.73 Å². The van der Waals surface area contributed by atoms with E-state index in [1.807, 2.05) is 18.2 Å². The van der Waals surface area contributed by atoms with Gasteiger partial charge in [0.15, 0.2) is 0 Å². The second kappa shape index (κ2) is 9.28. The number of nitrogens with one attached hydrogen (secondary N) is 2. The van der Waals surface area contributed by atoms with E-state index in [9.17, 15) is 9.18 Å². The number of anilines is 2. The van der Waals surface area contributed by atoms with Gasteiger partial charge in [0, 0.05) is 21.7 Å². The van der Waals surface area contributed by atoms with Crippen molar-refractivity contribution in [3.05, 3.63) is 82.6 Å². The fourth-order valence-corrected chi connectivity index (χ4v) is 4.20. The summed E-state index contributed by atoms with van der Waals surface area (Å²) in [6, 6.07) is 17.0. The first-order chi connectivity index (χ1) is 15.8. The third-order valence-electron chi connectivity index (χ3n) is 5.63. The lowest BCUT2D eigenvalue weighted by Gasteiger charge is -2.20. The molecule has 1 aromatic heterocycles. The SMILES string of the molecule is CC(C)c1cccc(C(C)C)c1NC(=O)Nc1oc2ccc(Cl)cc2c1-c1ccccc1F. The maximum atomic E-state index is 14.7. The quantitative estimate of drug-likeness (QED) is 0.310. The first kappa shape index (κ1) is 22.9. The van der Waals surface area contributed by atoms with Crippen molar-refractivity contribution in [2.24, 2.45) is 0 Å². The molecule has 0 bridgehead atoms. The lowest BCUT2D eigenvalue weighted by molar-refractivity contribution is 0.261. The number of carbonyl (C=O) groups excluding carboxylic acids is 1. The molecule has 170 valence electrons. The Hall–Kier alpha value is -3.31. The van der Waals surface area contributed by atoms with Crippen LogP contribution in [0.1, 0.15) is 50.7 Å². The van der Waals surface area contributed by atoms with E-state index in [0.29, 0.717) is 27.1 Å². The average molecular weight is 465 g/mol. The van der Waals surface area contributed by atoms with E-state index in [4.69, 9.17) is 16.0 Å². The molecule has 0 fully saturated rings. The van der Waals surface area contributed by atoms with Crippen molar-refractivity contribution in [2.45, 2.75) is 39.5 Å². The van der Waals surface area contributed by atoms with Crippen LogP contribution in [0.3, 0.4) is 0 Å². The zero-order valence-electron chi connectivity index (χ0n) is 19.0. The number of benzene rings is 3. The predicted molar refractivity (Wildman–Crippen MR) is 134 cm³/mol. The standard InChI is InChI=1S/C27H26ClFN2O2/c1-15(2)18-9-7-10-19(16(3)4)25(18)30-27(32)31-26-24(20-8-5-6-11-22(20)29)21-14-17(28)12-13-23(21)33-26/h5-16H,1-4H3,(H2,30,31,32). The number of furan rings is 1. The summed E-state index contributed by atoms with van der Waals surface area (Å²) in [7, 11) is 0. The number of rotatable bonds is 5. The van der Waals surface area contributed by atoms with Crippen molar-refractivity contribution in [1.82, 2.24) is 0 Å². The molecule has 0 atom stereocenters. The molecule has 4 rings (SSSR count). The minimum Gasteiger partial charge on any atom is -0.440 e. The molecule has 3 aromatic carbocycles. The van der Waals surface area contributed by atoms with E-state index in [1.54, 1.807) is 36.4 Å². The fourth-order valence-electron chi connectivity index (χ4n) is 4.03. The van der Waals surface area contributed by atoms with Crippen LogP contribution in [0.5, 0.6) is 0 Å². The van der Waals surface area contributed by atoms with Crippen molar-refractivity contribution in [2.75, 3.05) is 10.6 Å². The van der Waals surface area contributed by atoms with Crippen LogP contribution >= 0.6 is 11.6 Å². The van der Waals surface area contributed by atoms with Crippen molar-refractivity contribution in [1.29, 1.82) is 0 Å². The highest BCUT2D eigenvalue weighted by molar-refractivity contribution is 6.31. The Morgan fingerprint density at radius 2 is 1.58 bits per heavy atom. The Kier molecular flexibility index (Phi) is 6.43. The fraction of sp³-hybridized carbons (Fsp3) is 0.222. The number of hydrogen-bond donors (Lipinski definition) is 2.